The Hall–Kier alpha value is -3.12. The molecule has 1 aliphatic heterocycles. The van der Waals surface area contributed by atoms with Crippen molar-refractivity contribution in [2.45, 2.75) is 71.8 Å². The van der Waals surface area contributed by atoms with E-state index >= 15 is 0 Å². The molecule has 0 bridgehead atoms. The van der Waals surface area contributed by atoms with Crippen LogP contribution in [0.5, 0.6) is 0 Å². The fourth-order valence-electron chi connectivity index (χ4n) is 4.97. The molecule has 0 saturated carbocycles. The zero-order valence-corrected chi connectivity index (χ0v) is 29.5. The molecule has 44 heavy (non-hydrogen) atoms. The highest BCUT2D eigenvalue weighted by Crippen LogP contribution is 2.29. The third-order valence-corrected chi connectivity index (χ3v) is 10.7. The van der Waals surface area contributed by atoms with E-state index in [1.54, 1.807) is 0 Å². The van der Waals surface area contributed by atoms with Crippen molar-refractivity contribution in [3.05, 3.63) is 86.3 Å². The summed E-state index contributed by atoms with van der Waals surface area (Å²) in [6, 6.07) is 18.7. The molecule has 0 atom stereocenters. The number of fused-ring (bicyclic) bond motifs is 2. The first-order valence-electron chi connectivity index (χ1n) is 14.8. The number of benzene rings is 2. The lowest BCUT2D eigenvalue weighted by molar-refractivity contribution is 0.00616. The molecule has 0 spiro atoms. The zero-order chi connectivity index (χ0) is 31.6. The fourth-order valence-corrected chi connectivity index (χ4v) is 7.12. The zero-order valence-electron chi connectivity index (χ0n) is 26.1. The normalized spacial score (nSPS) is 14.2. The van der Waals surface area contributed by atoms with Gasteiger partial charge in [-0.2, -0.15) is 4.99 Å². The third-order valence-electron chi connectivity index (χ3n) is 7.25. The molecular weight excluding hydrogens is 656 g/mol. The summed E-state index contributed by atoms with van der Waals surface area (Å²) in [6.45, 7) is 14.7. The van der Waals surface area contributed by atoms with Gasteiger partial charge in [0.25, 0.3) is 5.91 Å². The first-order chi connectivity index (χ1) is 20.8. The van der Waals surface area contributed by atoms with E-state index in [0.29, 0.717) is 47.1 Å². The van der Waals surface area contributed by atoms with Crippen LogP contribution in [0.4, 0.5) is 5.82 Å². The molecule has 3 heterocycles. The van der Waals surface area contributed by atoms with Crippen LogP contribution in [0.25, 0.3) is 10.2 Å². The van der Waals surface area contributed by atoms with Crippen LogP contribution in [0.1, 0.15) is 52.7 Å². The Morgan fingerprint density at radius 2 is 1.84 bits per heavy atom. The lowest BCUT2D eigenvalue weighted by Gasteiger charge is -2.31. The fraction of sp³-hybridized carbons (Fsp3) is 0.394. The molecule has 8 nitrogen and oxygen atoms in total. The average Bonchev–Trinajstić information content (AvgIpc) is 3.30. The van der Waals surface area contributed by atoms with E-state index in [4.69, 9.17) is 9.47 Å². The van der Waals surface area contributed by atoms with Gasteiger partial charge in [-0.25, -0.2) is 9.78 Å². The molecule has 2 aromatic carbocycles. The number of amides is 1. The van der Waals surface area contributed by atoms with Gasteiger partial charge in [0.2, 0.25) is 0 Å². The second-order valence-corrected chi connectivity index (χ2v) is 20.6. The summed E-state index contributed by atoms with van der Waals surface area (Å²) >= 11 is 4.94. The Labute approximate surface area is 271 Å². The predicted octanol–water partition coefficient (Wildman–Crippen LogP) is 7.43. The van der Waals surface area contributed by atoms with Crippen LogP contribution in [0.15, 0.2) is 64.1 Å². The summed E-state index contributed by atoms with van der Waals surface area (Å²) in [7, 11) is -1.23. The van der Waals surface area contributed by atoms with E-state index < -0.39 is 19.6 Å². The molecule has 4 aromatic rings. The number of hydrogen-bond donors (Lipinski definition) is 0. The Bertz CT molecular complexity index is 1770. The van der Waals surface area contributed by atoms with Crippen molar-refractivity contribution >= 4 is 63.3 Å². The summed E-state index contributed by atoms with van der Waals surface area (Å²) < 4.78 is 15.3. The Balaban J connectivity index is 1.43. The maximum absolute atomic E-state index is 13.8. The molecule has 232 valence electrons. The third kappa shape index (κ3) is 7.74. The van der Waals surface area contributed by atoms with Crippen molar-refractivity contribution in [2.24, 2.45) is 4.99 Å². The minimum Gasteiger partial charge on any atom is -0.455 e. The van der Waals surface area contributed by atoms with Gasteiger partial charge in [0.15, 0.2) is 10.5 Å². The molecule has 0 N–H and O–H groups in total. The van der Waals surface area contributed by atoms with Gasteiger partial charge in [0, 0.05) is 33.3 Å². The number of rotatable bonds is 8. The standard InChI is InChI=1S/C33H39BrN4O4SSi/c1-33(2,3)42-31(40)29-25(34)14-15-28(35-29)37-17-16-22-10-9-11-23(24(22)20-37)30(39)36-32-38(21-41-18-19-44(4,5)6)26-12-7-8-13-27(26)43-32/h7-15H,16-21H2,1-6H3/b36-32+. The van der Waals surface area contributed by atoms with Crippen LogP contribution in [0, 0.1) is 0 Å². The number of halogens is 1. The van der Waals surface area contributed by atoms with E-state index in [0.717, 1.165) is 33.8 Å². The highest BCUT2D eigenvalue weighted by atomic mass is 79.9. The van der Waals surface area contributed by atoms with Crippen molar-refractivity contribution in [1.82, 2.24) is 9.55 Å². The maximum Gasteiger partial charge on any atom is 0.358 e. The summed E-state index contributed by atoms with van der Waals surface area (Å²) in [6.07, 6.45) is 0.740. The van der Waals surface area contributed by atoms with Crippen molar-refractivity contribution in [3.8, 4) is 0 Å². The predicted molar refractivity (Wildman–Crippen MR) is 182 cm³/mol. The number of nitrogens with zero attached hydrogens (tertiary/aromatic N) is 4. The quantitative estimate of drug-likeness (QED) is 0.108. The van der Waals surface area contributed by atoms with Gasteiger partial charge in [0.1, 0.15) is 18.1 Å². The van der Waals surface area contributed by atoms with Crippen molar-refractivity contribution < 1.29 is 19.1 Å². The molecule has 0 unspecified atom stereocenters. The summed E-state index contributed by atoms with van der Waals surface area (Å²) in [5.74, 6) is -0.125. The van der Waals surface area contributed by atoms with Crippen LogP contribution in [0.3, 0.4) is 0 Å². The van der Waals surface area contributed by atoms with Crippen molar-refractivity contribution in [3.63, 3.8) is 0 Å². The van der Waals surface area contributed by atoms with Gasteiger partial charge >= 0.3 is 5.97 Å². The van der Waals surface area contributed by atoms with Crippen molar-refractivity contribution in [2.75, 3.05) is 18.1 Å². The molecule has 2 aromatic heterocycles. The highest BCUT2D eigenvalue weighted by Gasteiger charge is 2.26. The second-order valence-electron chi connectivity index (χ2n) is 13.2. The molecule has 0 saturated heterocycles. The number of ether oxygens (including phenoxy) is 2. The topological polar surface area (TPSA) is 86.0 Å². The summed E-state index contributed by atoms with van der Waals surface area (Å²) in [4.78, 5) is 38.7. The largest absolute Gasteiger partial charge is 0.455 e. The smallest absolute Gasteiger partial charge is 0.358 e. The van der Waals surface area contributed by atoms with E-state index in [1.165, 1.54) is 11.3 Å². The van der Waals surface area contributed by atoms with E-state index in [9.17, 15) is 9.59 Å². The van der Waals surface area contributed by atoms with Gasteiger partial charge in [-0.05, 0) is 90.6 Å². The monoisotopic (exact) mass is 694 g/mol. The van der Waals surface area contributed by atoms with E-state index in [2.05, 4.69) is 56.5 Å². The first-order valence-corrected chi connectivity index (χ1v) is 20.1. The van der Waals surface area contributed by atoms with Crippen LogP contribution in [0.2, 0.25) is 25.7 Å². The van der Waals surface area contributed by atoms with E-state index in [1.807, 2.05) is 73.9 Å². The Morgan fingerprint density at radius 1 is 1.07 bits per heavy atom. The SMILES string of the molecule is CC(C)(C)OC(=O)c1nc(N2CCc3cccc(C(=O)/N=c4/sc5ccccc5n4COCC[Si](C)(C)C)c3C2)ccc1Br. The number of carbonyl (C=O) groups excluding carboxylic acids is 2. The number of esters is 1. The highest BCUT2D eigenvalue weighted by molar-refractivity contribution is 9.10. The van der Waals surface area contributed by atoms with Crippen molar-refractivity contribution in [1.29, 1.82) is 0 Å². The molecule has 1 aliphatic rings. The summed E-state index contributed by atoms with van der Waals surface area (Å²) in [5.41, 5.74) is 3.20. The van der Waals surface area contributed by atoms with Crippen LogP contribution < -0.4 is 9.70 Å². The lowest BCUT2D eigenvalue weighted by Crippen LogP contribution is -2.33. The number of aromatic nitrogens is 2. The summed E-state index contributed by atoms with van der Waals surface area (Å²) in [5, 5.41) is 0. The Morgan fingerprint density at radius 3 is 2.59 bits per heavy atom. The molecule has 0 aliphatic carbocycles. The minimum absolute atomic E-state index is 0.226. The van der Waals surface area contributed by atoms with Gasteiger partial charge in [-0.15, -0.1) is 0 Å². The van der Waals surface area contributed by atoms with Gasteiger partial charge in [-0.1, -0.05) is 55.2 Å². The van der Waals surface area contributed by atoms with Crippen LogP contribution >= 0.6 is 27.3 Å². The molecule has 1 amide bonds. The van der Waals surface area contributed by atoms with Gasteiger partial charge in [-0.3, -0.25) is 9.36 Å². The molecule has 0 radical (unpaired) electrons. The number of para-hydroxylation sites is 1. The molecule has 5 rings (SSSR count). The van der Waals surface area contributed by atoms with Crippen LogP contribution in [-0.4, -0.2) is 48.3 Å². The number of anilines is 1. The molecule has 11 heteroatoms. The first kappa shape index (κ1) is 32.3. The number of carbonyl (C=O) groups is 2. The van der Waals surface area contributed by atoms with Gasteiger partial charge in [0.05, 0.1) is 14.7 Å². The van der Waals surface area contributed by atoms with Gasteiger partial charge < -0.3 is 14.4 Å². The number of pyridine rings is 1. The molecule has 0 fully saturated rings. The van der Waals surface area contributed by atoms with E-state index in [-0.39, 0.29) is 11.6 Å². The van der Waals surface area contributed by atoms with Crippen LogP contribution in [-0.2, 0) is 29.2 Å². The number of hydrogen-bond acceptors (Lipinski definition) is 7. The molecular formula is C33H39BrN4O4SSi. The Kier molecular flexibility index (Phi) is 9.60. The minimum atomic E-state index is -1.23. The maximum atomic E-state index is 13.8. The second kappa shape index (κ2) is 13.1. The number of thiazole rings is 1. The lowest BCUT2D eigenvalue weighted by atomic mass is 9.94. The average molecular weight is 696 g/mol.